The van der Waals surface area contributed by atoms with Gasteiger partial charge in [-0.25, -0.2) is 4.79 Å². The number of methoxy groups -OCH3 is 3. The quantitative estimate of drug-likeness (QED) is 0.787. The fourth-order valence-electron chi connectivity index (χ4n) is 3.48. The molecule has 1 N–H and O–H groups in total. The standard InChI is InChI=1S/C20H26N2O4S/c1-24-16-12-14(13-17(25-2)19(16)26-3)21-20(23)22-10-6-4-5-8-15(22)18-9-7-11-27-18/h7,9,11-13,15H,4-6,8,10H2,1-3H3,(H,21,23). The first-order chi connectivity index (χ1) is 13.2. The predicted octanol–water partition coefficient (Wildman–Crippen LogP) is 4.92. The highest BCUT2D eigenvalue weighted by Gasteiger charge is 2.28. The van der Waals surface area contributed by atoms with E-state index in [-0.39, 0.29) is 12.1 Å². The predicted molar refractivity (Wildman–Crippen MR) is 107 cm³/mol. The van der Waals surface area contributed by atoms with Crippen LogP contribution in [0.5, 0.6) is 17.2 Å². The Morgan fingerprint density at radius 2 is 1.85 bits per heavy atom. The van der Waals surface area contributed by atoms with Crippen molar-refractivity contribution in [3.05, 3.63) is 34.5 Å². The lowest BCUT2D eigenvalue weighted by molar-refractivity contribution is 0.190. The topological polar surface area (TPSA) is 60.0 Å². The van der Waals surface area contributed by atoms with Crippen LogP contribution in [0.15, 0.2) is 29.6 Å². The molecule has 1 aromatic carbocycles. The third-order valence-electron chi connectivity index (χ3n) is 4.80. The largest absolute Gasteiger partial charge is 0.493 e. The fraction of sp³-hybridized carbons (Fsp3) is 0.450. The number of ether oxygens (including phenoxy) is 3. The van der Waals surface area contributed by atoms with Gasteiger partial charge in [-0.1, -0.05) is 18.9 Å². The van der Waals surface area contributed by atoms with Gasteiger partial charge in [-0.05, 0) is 24.3 Å². The van der Waals surface area contributed by atoms with Crippen LogP contribution in [0.2, 0.25) is 0 Å². The molecule has 0 bridgehead atoms. The molecule has 0 radical (unpaired) electrons. The molecule has 3 rings (SSSR count). The Hall–Kier alpha value is -2.41. The van der Waals surface area contributed by atoms with Crippen LogP contribution in [0.3, 0.4) is 0 Å². The lowest BCUT2D eigenvalue weighted by Gasteiger charge is -2.29. The van der Waals surface area contributed by atoms with Crippen molar-refractivity contribution in [3.63, 3.8) is 0 Å². The molecule has 1 unspecified atom stereocenters. The Morgan fingerprint density at radius 3 is 2.44 bits per heavy atom. The third kappa shape index (κ3) is 4.30. The highest BCUT2D eigenvalue weighted by molar-refractivity contribution is 7.10. The molecule has 27 heavy (non-hydrogen) atoms. The SMILES string of the molecule is COc1cc(NC(=O)N2CCCCCC2c2cccs2)cc(OC)c1OC. The zero-order chi connectivity index (χ0) is 19.2. The number of urea groups is 1. The molecule has 1 saturated heterocycles. The van der Waals surface area contributed by atoms with E-state index in [0.29, 0.717) is 22.9 Å². The lowest BCUT2D eigenvalue weighted by Crippen LogP contribution is -2.37. The maximum absolute atomic E-state index is 13.1. The molecule has 6 nitrogen and oxygen atoms in total. The van der Waals surface area contributed by atoms with Crippen molar-refractivity contribution < 1.29 is 19.0 Å². The summed E-state index contributed by atoms with van der Waals surface area (Å²) in [4.78, 5) is 16.3. The van der Waals surface area contributed by atoms with Crippen LogP contribution < -0.4 is 19.5 Å². The first kappa shape index (κ1) is 19.4. The maximum atomic E-state index is 13.1. The van der Waals surface area contributed by atoms with Crippen molar-refractivity contribution in [3.8, 4) is 17.2 Å². The molecule has 2 aromatic rings. The number of nitrogens with one attached hydrogen (secondary N) is 1. The van der Waals surface area contributed by atoms with Crippen molar-refractivity contribution in [1.82, 2.24) is 4.90 Å². The summed E-state index contributed by atoms with van der Waals surface area (Å²) in [5.74, 6) is 1.53. The summed E-state index contributed by atoms with van der Waals surface area (Å²) >= 11 is 1.71. The second-order valence-corrected chi connectivity index (χ2v) is 7.40. The Labute approximate surface area is 164 Å². The van der Waals surface area contributed by atoms with Gasteiger partial charge in [0.15, 0.2) is 11.5 Å². The summed E-state index contributed by atoms with van der Waals surface area (Å²) in [5.41, 5.74) is 0.615. The van der Waals surface area contributed by atoms with Gasteiger partial charge >= 0.3 is 6.03 Å². The molecule has 2 amide bonds. The highest BCUT2D eigenvalue weighted by atomic mass is 32.1. The molecule has 1 atom stereocenters. The van der Waals surface area contributed by atoms with Crippen molar-refractivity contribution >= 4 is 23.1 Å². The van der Waals surface area contributed by atoms with E-state index >= 15 is 0 Å². The number of hydrogen-bond acceptors (Lipinski definition) is 5. The van der Waals surface area contributed by atoms with Crippen molar-refractivity contribution in [2.75, 3.05) is 33.2 Å². The summed E-state index contributed by atoms with van der Waals surface area (Å²) < 4.78 is 16.1. The van der Waals surface area contributed by atoms with Gasteiger partial charge in [0.05, 0.1) is 33.1 Å². The molecule has 1 aromatic heterocycles. The minimum atomic E-state index is -0.107. The monoisotopic (exact) mass is 390 g/mol. The van der Waals surface area contributed by atoms with E-state index in [1.165, 1.54) is 4.88 Å². The van der Waals surface area contributed by atoms with Crippen LogP contribution in [0, 0.1) is 0 Å². The maximum Gasteiger partial charge on any atom is 0.322 e. The molecule has 1 aliphatic rings. The Morgan fingerprint density at radius 1 is 1.11 bits per heavy atom. The van der Waals surface area contributed by atoms with Crippen LogP contribution in [0.4, 0.5) is 10.5 Å². The molecular weight excluding hydrogens is 364 g/mol. The molecule has 2 heterocycles. The van der Waals surface area contributed by atoms with Gasteiger partial charge in [-0.3, -0.25) is 0 Å². The fourth-order valence-corrected chi connectivity index (χ4v) is 4.35. The molecule has 0 saturated carbocycles. The summed E-state index contributed by atoms with van der Waals surface area (Å²) in [6.45, 7) is 0.749. The molecule has 1 aliphatic heterocycles. The van der Waals surface area contributed by atoms with E-state index in [4.69, 9.17) is 14.2 Å². The molecule has 7 heteroatoms. The number of nitrogens with zero attached hydrogens (tertiary/aromatic N) is 1. The number of benzene rings is 1. The van der Waals surface area contributed by atoms with E-state index in [1.807, 2.05) is 11.0 Å². The van der Waals surface area contributed by atoms with Gasteiger partial charge in [0, 0.05) is 23.6 Å². The van der Waals surface area contributed by atoms with E-state index in [2.05, 4.69) is 16.8 Å². The smallest absolute Gasteiger partial charge is 0.322 e. The van der Waals surface area contributed by atoms with Gasteiger partial charge in [0.2, 0.25) is 5.75 Å². The summed E-state index contributed by atoms with van der Waals surface area (Å²) in [7, 11) is 4.68. The van der Waals surface area contributed by atoms with Crippen LogP contribution in [-0.2, 0) is 0 Å². The summed E-state index contributed by atoms with van der Waals surface area (Å²) in [5, 5.41) is 5.07. The number of carbonyl (C=O) groups excluding carboxylic acids is 1. The van der Waals surface area contributed by atoms with Gasteiger partial charge < -0.3 is 24.4 Å². The molecule has 146 valence electrons. The second kappa shape index (κ2) is 8.99. The van der Waals surface area contributed by atoms with E-state index < -0.39 is 0 Å². The number of anilines is 1. The molecular formula is C20H26N2O4S. The molecule has 0 spiro atoms. The number of likely N-dealkylation sites (tertiary alicyclic amines) is 1. The summed E-state index contributed by atoms with van der Waals surface area (Å²) in [6, 6.07) is 7.66. The van der Waals surface area contributed by atoms with Crippen LogP contribution in [-0.4, -0.2) is 38.8 Å². The highest BCUT2D eigenvalue weighted by Crippen LogP contribution is 2.40. The third-order valence-corrected chi connectivity index (χ3v) is 5.77. The molecule has 0 aliphatic carbocycles. The zero-order valence-electron chi connectivity index (χ0n) is 16.0. The number of thiophene rings is 1. The van der Waals surface area contributed by atoms with Crippen molar-refractivity contribution in [2.24, 2.45) is 0 Å². The summed E-state index contributed by atoms with van der Waals surface area (Å²) in [6.07, 6.45) is 4.29. The first-order valence-corrected chi connectivity index (χ1v) is 9.97. The average Bonchev–Trinajstić information content (AvgIpc) is 3.11. The second-order valence-electron chi connectivity index (χ2n) is 6.42. The van der Waals surface area contributed by atoms with Gasteiger partial charge in [0.1, 0.15) is 0 Å². The number of hydrogen-bond donors (Lipinski definition) is 1. The van der Waals surface area contributed by atoms with Crippen LogP contribution in [0.25, 0.3) is 0 Å². The van der Waals surface area contributed by atoms with Crippen LogP contribution >= 0.6 is 11.3 Å². The van der Waals surface area contributed by atoms with Crippen molar-refractivity contribution in [2.45, 2.75) is 31.7 Å². The Kier molecular flexibility index (Phi) is 6.45. The minimum absolute atomic E-state index is 0.107. The Bertz CT molecular complexity index is 738. The minimum Gasteiger partial charge on any atom is -0.493 e. The van der Waals surface area contributed by atoms with Crippen LogP contribution in [0.1, 0.15) is 36.6 Å². The lowest BCUT2D eigenvalue weighted by atomic mass is 10.1. The van der Waals surface area contributed by atoms with E-state index in [0.717, 1.165) is 32.2 Å². The number of rotatable bonds is 5. The average molecular weight is 391 g/mol. The van der Waals surface area contributed by atoms with Gasteiger partial charge in [-0.2, -0.15) is 0 Å². The van der Waals surface area contributed by atoms with E-state index in [9.17, 15) is 4.79 Å². The van der Waals surface area contributed by atoms with E-state index in [1.54, 1.807) is 44.8 Å². The Balaban J connectivity index is 1.84. The zero-order valence-corrected chi connectivity index (χ0v) is 16.8. The first-order valence-electron chi connectivity index (χ1n) is 9.09. The van der Waals surface area contributed by atoms with Gasteiger partial charge in [0.25, 0.3) is 0 Å². The normalized spacial score (nSPS) is 17.1. The number of amides is 2. The molecule has 1 fully saturated rings. The van der Waals surface area contributed by atoms with Crippen molar-refractivity contribution in [1.29, 1.82) is 0 Å². The number of carbonyl (C=O) groups is 1. The van der Waals surface area contributed by atoms with Gasteiger partial charge in [-0.15, -0.1) is 11.3 Å².